The van der Waals surface area contributed by atoms with Crippen LogP contribution in [0.2, 0.25) is 0 Å². The van der Waals surface area contributed by atoms with Gasteiger partial charge in [0, 0.05) is 32.7 Å². The maximum Gasteiger partial charge on any atom is 0.123 e. The van der Waals surface area contributed by atoms with Crippen LogP contribution in [-0.4, -0.2) is 44.2 Å². The molecular formula is C17H28N2O. The predicted molar refractivity (Wildman–Crippen MR) is 84.7 cm³/mol. The standard InChI is InChI=1S/C17H28N2O/c1-14-5-6-15(17(2,3)4)16(13-14)20-12-11-19-9-7-18-8-10-19/h5-6,13,18H,7-12H2,1-4H3. The predicted octanol–water partition coefficient (Wildman–Crippen LogP) is 2.58. The number of piperazine rings is 1. The van der Waals surface area contributed by atoms with Crippen molar-refractivity contribution < 1.29 is 4.74 Å². The molecule has 0 aromatic heterocycles. The van der Waals surface area contributed by atoms with E-state index in [4.69, 9.17) is 4.74 Å². The second kappa shape index (κ2) is 6.59. The van der Waals surface area contributed by atoms with Gasteiger partial charge in [-0.1, -0.05) is 32.9 Å². The quantitative estimate of drug-likeness (QED) is 0.915. The van der Waals surface area contributed by atoms with E-state index in [-0.39, 0.29) is 5.41 Å². The molecule has 0 radical (unpaired) electrons. The Balaban J connectivity index is 1.95. The Hall–Kier alpha value is -1.06. The van der Waals surface area contributed by atoms with Crippen LogP contribution in [-0.2, 0) is 5.41 Å². The molecule has 2 rings (SSSR count). The average molecular weight is 276 g/mol. The lowest BCUT2D eigenvalue weighted by atomic mass is 9.86. The van der Waals surface area contributed by atoms with Crippen molar-refractivity contribution in [2.45, 2.75) is 33.1 Å². The molecule has 0 atom stereocenters. The Morgan fingerprint density at radius 1 is 1.20 bits per heavy atom. The summed E-state index contributed by atoms with van der Waals surface area (Å²) in [6.45, 7) is 15.1. The van der Waals surface area contributed by atoms with E-state index in [0.717, 1.165) is 45.1 Å². The highest BCUT2D eigenvalue weighted by Crippen LogP contribution is 2.32. The fraction of sp³-hybridized carbons (Fsp3) is 0.647. The minimum Gasteiger partial charge on any atom is -0.492 e. The number of aryl methyl sites for hydroxylation is 1. The number of benzene rings is 1. The third-order valence-electron chi connectivity index (χ3n) is 3.82. The van der Waals surface area contributed by atoms with Crippen LogP contribution in [0.15, 0.2) is 18.2 Å². The molecule has 0 aliphatic carbocycles. The van der Waals surface area contributed by atoms with E-state index in [0.29, 0.717) is 0 Å². The molecule has 20 heavy (non-hydrogen) atoms. The van der Waals surface area contributed by atoms with Gasteiger partial charge in [-0.25, -0.2) is 0 Å². The molecular weight excluding hydrogens is 248 g/mol. The number of nitrogens with one attached hydrogen (secondary N) is 1. The number of nitrogens with zero attached hydrogens (tertiary/aromatic N) is 1. The first kappa shape index (κ1) is 15.3. The van der Waals surface area contributed by atoms with E-state index < -0.39 is 0 Å². The van der Waals surface area contributed by atoms with Gasteiger partial charge in [0.2, 0.25) is 0 Å². The summed E-state index contributed by atoms with van der Waals surface area (Å²) in [4.78, 5) is 2.46. The van der Waals surface area contributed by atoms with Crippen molar-refractivity contribution in [2.24, 2.45) is 0 Å². The van der Waals surface area contributed by atoms with Gasteiger partial charge in [0.25, 0.3) is 0 Å². The molecule has 3 heteroatoms. The first-order valence-electron chi connectivity index (χ1n) is 7.64. The van der Waals surface area contributed by atoms with Crippen LogP contribution in [0.4, 0.5) is 0 Å². The zero-order valence-electron chi connectivity index (χ0n) is 13.3. The van der Waals surface area contributed by atoms with E-state index in [1.54, 1.807) is 0 Å². The molecule has 1 saturated heterocycles. The second-order valence-electron chi connectivity index (χ2n) is 6.69. The lowest BCUT2D eigenvalue weighted by molar-refractivity contribution is 0.189. The lowest BCUT2D eigenvalue weighted by Gasteiger charge is -2.28. The largest absolute Gasteiger partial charge is 0.492 e. The third kappa shape index (κ3) is 4.22. The first-order valence-corrected chi connectivity index (χ1v) is 7.64. The smallest absolute Gasteiger partial charge is 0.123 e. The molecule has 1 aliphatic heterocycles. The Bertz CT molecular complexity index is 431. The van der Waals surface area contributed by atoms with Crippen molar-refractivity contribution in [1.29, 1.82) is 0 Å². The molecule has 0 bridgehead atoms. The zero-order valence-corrected chi connectivity index (χ0v) is 13.3. The van der Waals surface area contributed by atoms with Gasteiger partial charge in [-0.2, -0.15) is 0 Å². The topological polar surface area (TPSA) is 24.5 Å². The Morgan fingerprint density at radius 2 is 1.90 bits per heavy atom. The highest BCUT2D eigenvalue weighted by atomic mass is 16.5. The Kier molecular flexibility index (Phi) is 5.06. The molecule has 3 nitrogen and oxygen atoms in total. The van der Waals surface area contributed by atoms with Gasteiger partial charge in [-0.3, -0.25) is 4.90 Å². The summed E-state index contributed by atoms with van der Waals surface area (Å²) in [5, 5.41) is 3.38. The number of rotatable bonds is 4. The Labute approximate surface area is 123 Å². The van der Waals surface area contributed by atoms with Crippen LogP contribution < -0.4 is 10.1 Å². The molecule has 112 valence electrons. The molecule has 1 aromatic rings. The van der Waals surface area contributed by atoms with E-state index in [9.17, 15) is 0 Å². The Morgan fingerprint density at radius 3 is 2.55 bits per heavy atom. The van der Waals surface area contributed by atoms with E-state index in [1.807, 2.05) is 0 Å². The van der Waals surface area contributed by atoms with Gasteiger partial charge in [0.05, 0.1) is 0 Å². The molecule has 1 N–H and O–H groups in total. The van der Waals surface area contributed by atoms with E-state index in [2.05, 4.69) is 56.1 Å². The van der Waals surface area contributed by atoms with Crippen LogP contribution in [0.3, 0.4) is 0 Å². The monoisotopic (exact) mass is 276 g/mol. The van der Waals surface area contributed by atoms with Gasteiger partial charge >= 0.3 is 0 Å². The van der Waals surface area contributed by atoms with Crippen molar-refractivity contribution in [3.63, 3.8) is 0 Å². The number of hydrogen-bond acceptors (Lipinski definition) is 3. The summed E-state index contributed by atoms with van der Waals surface area (Å²) in [5.41, 5.74) is 2.68. The normalized spacial score (nSPS) is 17.2. The summed E-state index contributed by atoms with van der Waals surface area (Å²) in [6.07, 6.45) is 0. The first-order chi connectivity index (χ1) is 9.47. The van der Waals surface area contributed by atoms with Gasteiger partial charge in [0.1, 0.15) is 12.4 Å². The van der Waals surface area contributed by atoms with Crippen LogP contribution in [0.25, 0.3) is 0 Å². The van der Waals surface area contributed by atoms with Gasteiger partial charge in [-0.15, -0.1) is 0 Å². The van der Waals surface area contributed by atoms with Crippen LogP contribution in [0.1, 0.15) is 31.9 Å². The van der Waals surface area contributed by atoms with Gasteiger partial charge in [-0.05, 0) is 29.5 Å². The van der Waals surface area contributed by atoms with Crippen molar-refractivity contribution in [3.05, 3.63) is 29.3 Å². The summed E-state index contributed by atoms with van der Waals surface area (Å²) in [5.74, 6) is 1.05. The SMILES string of the molecule is Cc1ccc(C(C)(C)C)c(OCCN2CCNCC2)c1. The molecule has 1 fully saturated rings. The van der Waals surface area contributed by atoms with E-state index in [1.165, 1.54) is 11.1 Å². The number of ether oxygens (including phenoxy) is 1. The van der Waals surface area contributed by atoms with Gasteiger partial charge in [0.15, 0.2) is 0 Å². The maximum absolute atomic E-state index is 6.09. The van der Waals surface area contributed by atoms with Crippen molar-refractivity contribution in [2.75, 3.05) is 39.3 Å². The summed E-state index contributed by atoms with van der Waals surface area (Å²) in [7, 11) is 0. The van der Waals surface area contributed by atoms with Gasteiger partial charge < -0.3 is 10.1 Å². The van der Waals surface area contributed by atoms with Crippen LogP contribution >= 0.6 is 0 Å². The lowest BCUT2D eigenvalue weighted by Crippen LogP contribution is -2.44. The van der Waals surface area contributed by atoms with Crippen molar-refractivity contribution in [3.8, 4) is 5.75 Å². The zero-order chi connectivity index (χ0) is 14.6. The summed E-state index contributed by atoms with van der Waals surface area (Å²) >= 11 is 0. The molecule has 0 spiro atoms. The highest BCUT2D eigenvalue weighted by Gasteiger charge is 2.19. The molecule has 0 amide bonds. The van der Waals surface area contributed by atoms with Crippen LogP contribution in [0.5, 0.6) is 5.75 Å². The fourth-order valence-corrected chi connectivity index (χ4v) is 2.59. The molecule has 0 unspecified atom stereocenters. The van der Waals surface area contributed by atoms with Crippen LogP contribution in [0, 0.1) is 6.92 Å². The minimum atomic E-state index is 0.123. The fourth-order valence-electron chi connectivity index (χ4n) is 2.59. The minimum absolute atomic E-state index is 0.123. The summed E-state index contributed by atoms with van der Waals surface area (Å²) in [6, 6.07) is 6.54. The summed E-state index contributed by atoms with van der Waals surface area (Å²) < 4.78 is 6.09. The second-order valence-corrected chi connectivity index (χ2v) is 6.69. The maximum atomic E-state index is 6.09. The molecule has 1 heterocycles. The molecule has 1 aliphatic rings. The van der Waals surface area contributed by atoms with Crippen molar-refractivity contribution in [1.82, 2.24) is 10.2 Å². The van der Waals surface area contributed by atoms with Crippen molar-refractivity contribution >= 4 is 0 Å². The molecule has 0 saturated carbocycles. The highest BCUT2D eigenvalue weighted by molar-refractivity contribution is 5.41. The number of hydrogen-bond donors (Lipinski definition) is 1. The third-order valence-corrected chi connectivity index (χ3v) is 3.82. The van der Waals surface area contributed by atoms with E-state index >= 15 is 0 Å². The average Bonchev–Trinajstić information content (AvgIpc) is 2.38. The molecule has 1 aromatic carbocycles.